The average Bonchev–Trinajstić information content (AvgIpc) is 3.34. The third-order valence-electron chi connectivity index (χ3n) is 6.97. The molecule has 0 amide bonds. The Balaban J connectivity index is 1.16. The Morgan fingerprint density at radius 2 is 1.97 bits per heavy atom. The van der Waals surface area contributed by atoms with Gasteiger partial charge in [-0.1, -0.05) is 0 Å². The molecule has 2 atom stereocenters. The first-order valence-corrected chi connectivity index (χ1v) is 12.2. The summed E-state index contributed by atoms with van der Waals surface area (Å²) in [5.74, 6) is 0.662. The maximum atomic E-state index is 12.7. The molecule has 2 fully saturated rings. The fraction of sp³-hybridized carbons (Fsp3) is 0.682. The molecule has 7 nitrogen and oxygen atoms in total. The van der Waals surface area contributed by atoms with Crippen LogP contribution in [0.4, 0.5) is 0 Å². The van der Waals surface area contributed by atoms with Crippen molar-refractivity contribution in [2.24, 2.45) is 0 Å². The molecular formula is C22H30N4O3S. The number of ether oxygens (including phenoxy) is 1. The lowest BCUT2D eigenvalue weighted by molar-refractivity contribution is -0.0285. The van der Waals surface area contributed by atoms with E-state index in [9.17, 15) is 9.59 Å². The molecular weight excluding hydrogens is 400 g/mol. The van der Waals surface area contributed by atoms with Gasteiger partial charge in [0.1, 0.15) is 5.82 Å². The second kappa shape index (κ2) is 8.77. The summed E-state index contributed by atoms with van der Waals surface area (Å²) in [5, 5.41) is 4.25. The molecule has 3 aliphatic heterocycles. The number of hydrogen-bond donors (Lipinski definition) is 0. The van der Waals surface area contributed by atoms with Crippen molar-refractivity contribution in [3.8, 4) is 0 Å². The van der Waals surface area contributed by atoms with Gasteiger partial charge >= 0.3 is 11.4 Å². The molecule has 2 bridgehead atoms. The highest BCUT2D eigenvalue weighted by Gasteiger charge is 2.40. The van der Waals surface area contributed by atoms with Crippen LogP contribution in [0.3, 0.4) is 0 Å². The lowest BCUT2D eigenvalue weighted by Gasteiger charge is -2.38. The summed E-state index contributed by atoms with van der Waals surface area (Å²) in [6.45, 7) is 2.79. The lowest BCUT2D eigenvalue weighted by atomic mass is 9.99. The number of rotatable bonds is 7. The molecule has 3 aliphatic rings. The van der Waals surface area contributed by atoms with Gasteiger partial charge in [-0.25, -0.2) is 14.2 Å². The molecule has 0 N–H and O–H groups in total. The summed E-state index contributed by atoms with van der Waals surface area (Å²) in [6.07, 6.45) is 8.51. The number of fused-ring (bicyclic) bond motifs is 3. The molecule has 0 aromatic carbocycles. The van der Waals surface area contributed by atoms with E-state index in [1.165, 1.54) is 23.0 Å². The van der Waals surface area contributed by atoms with Crippen LogP contribution in [0.15, 0.2) is 26.4 Å². The first-order valence-electron chi connectivity index (χ1n) is 11.3. The molecule has 2 saturated heterocycles. The minimum Gasteiger partial charge on any atom is -0.373 e. The predicted molar refractivity (Wildman–Crippen MR) is 116 cm³/mol. The van der Waals surface area contributed by atoms with Gasteiger partial charge in [0, 0.05) is 38.1 Å². The normalized spacial score (nSPS) is 26.1. The van der Waals surface area contributed by atoms with Gasteiger partial charge in [0.15, 0.2) is 0 Å². The molecule has 0 spiro atoms. The summed E-state index contributed by atoms with van der Waals surface area (Å²) in [6, 6.07) is 3.26. The zero-order valence-electron chi connectivity index (χ0n) is 17.4. The first-order chi connectivity index (χ1) is 14.7. The van der Waals surface area contributed by atoms with E-state index < -0.39 is 0 Å². The van der Waals surface area contributed by atoms with E-state index in [2.05, 4.69) is 26.7 Å². The summed E-state index contributed by atoms with van der Waals surface area (Å²) in [7, 11) is 0. The summed E-state index contributed by atoms with van der Waals surface area (Å²) < 4.78 is 9.24. The predicted octanol–water partition coefficient (Wildman–Crippen LogP) is 2.41. The molecule has 30 heavy (non-hydrogen) atoms. The Bertz CT molecular complexity index is 969. The fourth-order valence-corrected chi connectivity index (χ4v) is 6.11. The Hall–Kier alpha value is -1.77. The first kappa shape index (κ1) is 20.2. The molecule has 162 valence electrons. The van der Waals surface area contributed by atoms with Crippen molar-refractivity contribution in [1.82, 2.24) is 19.0 Å². The number of hydrogen-bond acceptors (Lipinski definition) is 6. The Labute approximate surface area is 180 Å². The number of aromatic nitrogens is 3. The highest BCUT2D eigenvalue weighted by molar-refractivity contribution is 7.07. The van der Waals surface area contributed by atoms with Crippen molar-refractivity contribution < 1.29 is 4.74 Å². The highest BCUT2D eigenvalue weighted by Crippen LogP contribution is 2.37. The molecule has 0 saturated carbocycles. The minimum atomic E-state index is -0.378. The van der Waals surface area contributed by atoms with Crippen molar-refractivity contribution >= 4 is 11.3 Å². The van der Waals surface area contributed by atoms with E-state index in [0.717, 1.165) is 45.1 Å². The van der Waals surface area contributed by atoms with Crippen molar-refractivity contribution in [3.63, 3.8) is 0 Å². The number of thiophene rings is 1. The van der Waals surface area contributed by atoms with Crippen LogP contribution in [0.5, 0.6) is 0 Å². The Kier molecular flexibility index (Phi) is 5.89. The minimum absolute atomic E-state index is 0.173. The topological polar surface area (TPSA) is 69.4 Å². The van der Waals surface area contributed by atoms with Gasteiger partial charge in [0.05, 0.1) is 12.7 Å². The van der Waals surface area contributed by atoms with E-state index in [1.54, 1.807) is 15.9 Å². The van der Waals surface area contributed by atoms with Gasteiger partial charge in [-0.3, -0.25) is 9.47 Å². The van der Waals surface area contributed by atoms with Crippen molar-refractivity contribution in [2.75, 3.05) is 6.54 Å². The zero-order valence-corrected chi connectivity index (χ0v) is 18.2. The van der Waals surface area contributed by atoms with Crippen molar-refractivity contribution in [1.29, 1.82) is 0 Å². The Morgan fingerprint density at radius 3 is 2.73 bits per heavy atom. The maximum absolute atomic E-state index is 12.7. The summed E-state index contributed by atoms with van der Waals surface area (Å²) in [5.41, 5.74) is 0.718. The second-order valence-electron chi connectivity index (χ2n) is 8.87. The van der Waals surface area contributed by atoms with Gasteiger partial charge in [-0.2, -0.15) is 16.3 Å². The third-order valence-corrected chi connectivity index (χ3v) is 7.70. The van der Waals surface area contributed by atoms with Crippen molar-refractivity contribution in [3.05, 3.63) is 49.2 Å². The van der Waals surface area contributed by atoms with Crippen LogP contribution in [-0.2, 0) is 30.9 Å². The van der Waals surface area contributed by atoms with Crippen molar-refractivity contribution in [2.45, 2.75) is 89.3 Å². The molecule has 2 unspecified atom stereocenters. The van der Waals surface area contributed by atoms with Gasteiger partial charge in [0.2, 0.25) is 0 Å². The SMILES string of the molecule is O=c1nc2n(c(=O)n1CCCN1C3CCC1CC(OCc1ccsc1)C3)CCCC2. The average molecular weight is 431 g/mol. The fourth-order valence-electron chi connectivity index (χ4n) is 5.45. The molecule has 0 radical (unpaired) electrons. The van der Waals surface area contributed by atoms with E-state index >= 15 is 0 Å². The Morgan fingerprint density at radius 1 is 1.13 bits per heavy atom. The van der Waals surface area contributed by atoms with Crippen LogP contribution < -0.4 is 11.4 Å². The van der Waals surface area contributed by atoms with Crippen LogP contribution in [-0.4, -0.2) is 43.8 Å². The second-order valence-corrected chi connectivity index (χ2v) is 9.65. The van der Waals surface area contributed by atoms with Crippen LogP contribution in [0.1, 0.15) is 56.3 Å². The number of aryl methyl sites for hydroxylation is 1. The monoisotopic (exact) mass is 430 g/mol. The van der Waals surface area contributed by atoms with E-state index in [4.69, 9.17) is 4.74 Å². The third kappa shape index (κ3) is 4.05. The largest absolute Gasteiger partial charge is 0.373 e. The zero-order chi connectivity index (χ0) is 20.5. The van der Waals surface area contributed by atoms with Gasteiger partial charge < -0.3 is 4.74 Å². The quantitative estimate of drug-likeness (QED) is 0.675. The van der Waals surface area contributed by atoms with Crippen LogP contribution in [0.25, 0.3) is 0 Å². The standard InChI is InChI=1S/C22H30N4O3S/c27-21-23-20-4-1-2-8-25(20)22(28)26(21)10-3-9-24-17-5-6-18(24)13-19(12-17)29-14-16-7-11-30-15-16/h7,11,15,17-19H,1-6,8-10,12-14H2. The maximum Gasteiger partial charge on any atom is 0.353 e. The van der Waals surface area contributed by atoms with Crippen LogP contribution >= 0.6 is 11.3 Å². The van der Waals surface area contributed by atoms with Gasteiger partial charge in [0.25, 0.3) is 0 Å². The van der Waals surface area contributed by atoms with E-state index in [0.29, 0.717) is 43.7 Å². The van der Waals surface area contributed by atoms with Gasteiger partial charge in [-0.05, 0) is 67.3 Å². The van der Waals surface area contributed by atoms with Gasteiger partial charge in [-0.15, -0.1) is 0 Å². The molecule has 5 rings (SSSR count). The molecule has 0 aliphatic carbocycles. The smallest absolute Gasteiger partial charge is 0.353 e. The molecule has 5 heterocycles. The molecule has 2 aromatic heterocycles. The van der Waals surface area contributed by atoms with E-state index in [-0.39, 0.29) is 11.4 Å². The molecule has 2 aromatic rings. The highest BCUT2D eigenvalue weighted by atomic mass is 32.1. The van der Waals surface area contributed by atoms with Crippen LogP contribution in [0, 0.1) is 0 Å². The summed E-state index contributed by atoms with van der Waals surface area (Å²) in [4.78, 5) is 31.9. The molecule has 8 heteroatoms. The number of nitrogens with zero attached hydrogens (tertiary/aromatic N) is 4. The van der Waals surface area contributed by atoms with Crippen LogP contribution in [0.2, 0.25) is 0 Å². The number of piperidine rings is 1. The lowest BCUT2D eigenvalue weighted by Crippen LogP contribution is -2.47. The summed E-state index contributed by atoms with van der Waals surface area (Å²) >= 11 is 1.72. The van der Waals surface area contributed by atoms with E-state index in [1.807, 2.05) is 0 Å².